The van der Waals surface area contributed by atoms with Crippen molar-refractivity contribution >= 4 is 28.9 Å². The van der Waals surface area contributed by atoms with Gasteiger partial charge in [-0.3, -0.25) is 9.78 Å². The number of amides is 1. The molecule has 1 heterocycles. The monoisotopic (exact) mass is 301 g/mol. The molecule has 0 aliphatic heterocycles. The van der Waals surface area contributed by atoms with Crippen molar-refractivity contribution in [3.63, 3.8) is 0 Å². The van der Waals surface area contributed by atoms with E-state index in [4.69, 9.17) is 11.6 Å². The molecule has 2 N–H and O–H groups in total. The second kappa shape index (κ2) is 5.74. The van der Waals surface area contributed by atoms with Gasteiger partial charge in [0, 0.05) is 28.6 Å². The first-order chi connectivity index (χ1) is 10.1. The van der Waals surface area contributed by atoms with Crippen molar-refractivity contribution in [2.24, 2.45) is 0 Å². The summed E-state index contributed by atoms with van der Waals surface area (Å²) in [6.07, 6.45) is 3.75. The number of nitrogens with one attached hydrogen (secondary N) is 2. The van der Waals surface area contributed by atoms with Crippen molar-refractivity contribution in [3.8, 4) is 0 Å². The Morgan fingerprint density at radius 1 is 1.29 bits per heavy atom. The van der Waals surface area contributed by atoms with E-state index < -0.39 is 0 Å². The van der Waals surface area contributed by atoms with Gasteiger partial charge >= 0.3 is 0 Å². The average molecular weight is 302 g/mol. The number of nitrogens with zero attached hydrogens (tertiary/aromatic N) is 1. The quantitative estimate of drug-likeness (QED) is 0.906. The van der Waals surface area contributed by atoms with Crippen LogP contribution in [0.25, 0.3) is 0 Å². The third-order valence-corrected chi connectivity index (χ3v) is 3.62. The minimum atomic E-state index is -0.121. The minimum absolute atomic E-state index is 0.121. The van der Waals surface area contributed by atoms with Crippen molar-refractivity contribution < 1.29 is 4.79 Å². The van der Waals surface area contributed by atoms with E-state index >= 15 is 0 Å². The fourth-order valence-corrected chi connectivity index (χ4v) is 2.18. The highest BCUT2D eigenvalue weighted by atomic mass is 35.5. The Morgan fingerprint density at radius 2 is 2.10 bits per heavy atom. The molecule has 1 aromatic heterocycles. The number of pyridine rings is 1. The van der Waals surface area contributed by atoms with Crippen molar-refractivity contribution in [2.45, 2.75) is 25.8 Å². The molecule has 0 atom stereocenters. The molecule has 1 aliphatic carbocycles. The smallest absolute Gasteiger partial charge is 0.270 e. The number of benzene rings is 1. The number of anilines is 2. The van der Waals surface area contributed by atoms with E-state index in [1.807, 2.05) is 31.2 Å². The van der Waals surface area contributed by atoms with Crippen molar-refractivity contribution in [2.75, 3.05) is 5.32 Å². The Kier molecular flexibility index (Phi) is 3.80. The average Bonchev–Trinajstić information content (AvgIpc) is 3.27. The molecular formula is C16H16ClN3O. The zero-order chi connectivity index (χ0) is 14.8. The molecule has 0 radical (unpaired) electrons. The highest BCUT2D eigenvalue weighted by Crippen LogP contribution is 2.24. The summed E-state index contributed by atoms with van der Waals surface area (Å²) in [6, 6.07) is 9.56. The number of hydrogen-bond donors (Lipinski definition) is 2. The SMILES string of the molecule is Cc1ccc(Cl)cc1Nc1ccnc(C(=O)NC2CC2)c1. The molecule has 1 fully saturated rings. The second-order valence-electron chi connectivity index (χ2n) is 5.26. The van der Waals surface area contributed by atoms with Crippen molar-refractivity contribution in [3.05, 3.63) is 52.8 Å². The van der Waals surface area contributed by atoms with Gasteiger partial charge in [0.05, 0.1) is 0 Å². The van der Waals surface area contributed by atoms with Crippen LogP contribution in [0, 0.1) is 6.92 Å². The Balaban J connectivity index is 1.79. The van der Waals surface area contributed by atoms with Crippen LogP contribution in [0.15, 0.2) is 36.5 Å². The first-order valence-corrected chi connectivity index (χ1v) is 7.30. The number of carbonyl (C=O) groups is 1. The number of carbonyl (C=O) groups excluding carboxylic acids is 1. The maximum Gasteiger partial charge on any atom is 0.270 e. The fraction of sp³-hybridized carbons (Fsp3) is 0.250. The zero-order valence-electron chi connectivity index (χ0n) is 11.7. The lowest BCUT2D eigenvalue weighted by Gasteiger charge is -2.11. The zero-order valence-corrected chi connectivity index (χ0v) is 12.4. The van der Waals surface area contributed by atoms with Gasteiger partial charge in [-0.2, -0.15) is 0 Å². The topological polar surface area (TPSA) is 54.0 Å². The molecule has 0 bridgehead atoms. The van der Waals surface area contributed by atoms with Gasteiger partial charge < -0.3 is 10.6 Å². The Bertz CT molecular complexity index is 683. The van der Waals surface area contributed by atoms with Crippen LogP contribution >= 0.6 is 11.6 Å². The first-order valence-electron chi connectivity index (χ1n) is 6.92. The van der Waals surface area contributed by atoms with Crippen molar-refractivity contribution in [1.82, 2.24) is 10.3 Å². The van der Waals surface area contributed by atoms with E-state index in [2.05, 4.69) is 15.6 Å². The minimum Gasteiger partial charge on any atom is -0.355 e. The summed E-state index contributed by atoms with van der Waals surface area (Å²) in [4.78, 5) is 16.1. The highest BCUT2D eigenvalue weighted by Gasteiger charge is 2.24. The van der Waals surface area contributed by atoms with Crippen LogP contribution < -0.4 is 10.6 Å². The molecule has 4 nitrogen and oxygen atoms in total. The van der Waals surface area contributed by atoms with Gasteiger partial charge in [-0.1, -0.05) is 17.7 Å². The number of aryl methyl sites for hydroxylation is 1. The normalized spacial score (nSPS) is 13.8. The maximum absolute atomic E-state index is 12.0. The van der Waals surface area contributed by atoms with E-state index in [1.165, 1.54) is 0 Å². The molecule has 1 aliphatic rings. The lowest BCUT2D eigenvalue weighted by atomic mass is 10.2. The van der Waals surface area contributed by atoms with E-state index in [-0.39, 0.29) is 5.91 Å². The number of halogens is 1. The summed E-state index contributed by atoms with van der Waals surface area (Å²) in [5.41, 5.74) is 3.24. The van der Waals surface area contributed by atoms with Gasteiger partial charge in [0.2, 0.25) is 0 Å². The van der Waals surface area contributed by atoms with Gasteiger partial charge in [0.25, 0.3) is 5.91 Å². The van der Waals surface area contributed by atoms with E-state index in [1.54, 1.807) is 12.3 Å². The summed E-state index contributed by atoms with van der Waals surface area (Å²) in [7, 11) is 0. The molecular weight excluding hydrogens is 286 g/mol. The van der Waals surface area contributed by atoms with Crippen LogP contribution in [0.5, 0.6) is 0 Å². The number of rotatable bonds is 4. The van der Waals surface area contributed by atoms with E-state index in [0.717, 1.165) is 29.8 Å². The van der Waals surface area contributed by atoms with Gasteiger partial charge in [0.1, 0.15) is 5.69 Å². The molecule has 1 aromatic carbocycles. The summed E-state index contributed by atoms with van der Waals surface area (Å²) in [5.74, 6) is -0.121. The van der Waals surface area contributed by atoms with E-state index in [9.17, 15) is 4.79 Å². The third-order valence-electron chi connectivity index (χ3n) is 3.38. The Hall–Kier alpha value is -2.07. The largest absolute Gasteiger partial charge is 0.355 e. The van der Waals surface area contributed by atoms with Crippen LogP contribution in [0.4, 0.5) is 11.4 Å². The summed E-state index contributed by atoms with van der Waals surface area (Å²) in [6.45, 7) is 2.00. The van der Waals surface area contributed by atoms with Crippen LogP contribution in [0.1, 0.15) is 28.9 Å². The number of hydrogen-bond acceptors (Lipinski definition) is 3. The Morgan fingerprint density at radius 3 is 2.86 bits per heavy atom. The third kappa shape index (κ3) is 3.52. The first kappa shape index (κ1) is 13.9. The van der Waals surface area contributed by atoms with Gasteiger partial charge in [-0.25, -0.2) is 0 Å². The second-order valence-corrected chi connectivity index (χ2v) is 5.70. The lowest BCUT2D eigenvalue weighted by molar-refractivity contribution is 0.0946. The molecule has 5 heteroatoms. The van der Waals surface area contributed by atoms with Gasteiger partial charge in [0.15, 0.2) is 0 Å². The maximum atomic E-state index is 12.0. The summed E-state index contributed by atoms with van der Waals surface area (Å²) < 4.78 is 0. The fourth-order valence-electron chi connectivity index (χ4n) is 2.00. The van der Waals surface area contributed by atoms with Gasteiger partial charge in [-0.05, 0) is 49.6 Å². The summed E-state index contributed by atoms with van der Waals surface area (Å²) >= 11 is 6.01. The molecule has 21 heavy (non-hydrogen) atoms. The molecule has 1 saturated carbocycles. The predicted octanol–water partition coefficient (Wildman–Crippen LogP) is 3.68. The molecule has 1 amide bonds. The van der Waals surface area contributed by atoms with Crippen LogP contribution in [0.3, 0.4) is 0 Å². The molecule has 2 aromatic rings. The molecule has 0 unspecified atom stereocenters. The van der Waals surface area contributed by atoms with Gasteiger partial charge in [-0.15, -0.1) is 0 Å². The molecule has 108 valence electrons. The highest BCUT2D eigenvalue weighted by molar-refractivity contribution is 6.30. The molecule has 3 rings (SSSR count). The van der Waals surface area contributed by atoms with Crippen LogP contribution in [-0.2, 0) is 0 Å². The van der Waals surface area contributed by atoms with Crippen LogP contribution in [-0.4, -0.2) is 16.9 Å². The summed E-state index contributed by atoms with van der Waals surface area (Å²) in [5, 5.41) is 6.87. The van der Waals surface area contributed by atoms with Crippen molar-refractivity contribution in [1.29, 1.82) is 0 Å². The number of aromatic nitrogens is 1. The Labute approximate surface area is 128 Å². The van der Waals surface area contributed by atoms with E-state index in [0.29, 0.717) is 16.8 Å². The predicted molar refractivity (Wildman–Crippen MR) is 84.2 cm³/mol. The lowest BCUT2D eigenvalue weighted by Crippen LogP contribution is -2.26. The standard InChI is InChI=1S/C16H16ClN3O/c1-10-2-3-11(17)8-14(10)19-13-6-7-18-15(9-13)16(21)20-12-4-5-12/h2-3,6-9,12H,4-5H2,1H3,(H,18,19)(H,20,21). The van der Waals surface area contributed by atoms with Crippen LogP contribution in [0.2, 0.25) is 5.02 Å². The molecule has 0 saturated heterocycles. The molecule has 0 spiro atoms.